The molecular formula is C18H28N2O5S. The van der Waals surface area contributed by atoms with E-state index >= 15 is 0 Å². The summed E-state index contributed by atoms with van der Waals surface area (Å²) in [7, 11) is 0.143. The molecule has 7 nitrogen and oxygen atoms in total. The monoisotopic (exact) mass is 384 g/mol. The van der Waals surface area contributed by atoms with Crippen LogP contribution in [0.1, 0.15) is 30.1 Å². The van der Waals surface area contributed by atoms with Crippen LogP contribution in [0.3, 0.4) is 0 Å². The van der Waals surface area contributed by atoms with Crippen LogP contribution in [-0.2, 0) is 21.2 Å². The van der Waals surface area contributed by atoms with Gasteiger partial charge in [-0.05, 0) is 30.4 Å². The van der Waals surface area contributed by atoms with Crippen molar-refractivity contribution in [1.82, 2.24) is 4.31 Å². The maximum Gasteiger partial charge on any atom is 0.211 e. The highest BCUT2D eigenvalue weighted by atomic mass is 32.2. The molecule has 0 aliphatic carbocycles. The van der Waals surface area contributed by atoms with Crippen molar-refractivity contribution in [2.24, 2.45) is 11.7 Å². The predicted molar refractivity (Wildman–Crippen MR) is 99.1 cm³/mol. The van der Waals surface area contributed by atoms with E-state index in [1.54, 1.807) is 18.5 Å². The summed E-state index contributed by atoms with van der Waals surface area (Å²) in [6, 6.07) is 3.88. The highest BCUT2D eigenvalue weighted by molar-refractivity contribution is 7.88. The van der Waals surface area contributed by atoms with Crippen LogP contribution in [0.25, 0.3) is 0 Å². The number of methoxy groups -OCH3 is 2. The van der Waals surface area contributed by atoms with Gasteiger partial charge in [0.25, 0.3) is 0 Å². The summed E-state index contributed by atoms with van der Waals surface area (Å²) in [5, 5.41) is 0. The molecule has 1 aromatic carbocycles. The van der Waals surface area contributed by atoms with Crippen molar-refractivity contribution in [2.45, 2.75) is 31.5 Å². The normalized spacial score (nSPS) is 24.9. The molecule has 146 valence electrons. The number of ether oxygens (including phenoxy) is 3. The van der Waals surface area contributed by atoms with E-state index < -0.39 is 10.0 Å². The Morgan fingerprint density at radius 1 is 1.23 bits per heavy atom. The molecule has 1 aromatic rings. The highest BCUT2D eigenvalue weighted by Gasteiger charge is 2.37. The van der Waals surface area contributed by atoms with Crippen molar-refractivity contribution in [3.63, 3.8) is 0 Å². The zero-order valence-corrected chi connectivity index (χ0v) is 16.4. The smallest absolute Gasteiger partial charge is 0.211 e. The van der Waals surface area contributed by atoms with Crippen LogP contribution < -0.4 is 15.2 Å². The van der Waals surface area contributed by atoms with Crippen LogP contribution in [-0.4, -0.2) is 58.9 Å². The number of hydrogen-bond donors (Lipinski definition) is 1. The summed E-state index contributed by atoms with van der Waals surface area (Å²) in [5.41, 5.74) is 8.10. The number of nitrogens with zero attached hydrogens (tertiary/aromatic N) is 1. The van der Waals surface area contributed by atoms with Crippen LogP contribution >= 0.6 is 0 Å². The molecule has 2 heterocycles. The Hall–Kier alpha value is -1.35. The molecule has 0 saturated carbocycles. The lowest BCUT2D eigenvalue weighted by atomic mass is 9.83. The van der Waals surface area contributed by atoms with E-state index in [4.69, 9.17) is 19.9 Å². The molecule has 0 amide bonds. The SMILES string of the molecule is COc1ccc2c(c1OC)CC(C1CCN(S(C)(=O)=O)CC1)OC2CN. The fraction of sp³-hybridized carbons (Fsp3) is 0.667. The van der Waals surface area contributed by atoms with E-state index in [0.29, 0.717) is 31.3 Å². The molecule has 0 spiro atoms. The topological polar surface area (TPSA) is 91.1 Å². The second-order valence-corrected chi connectivity index (χ2v) is 8.95. The van der Waals surface area contributed by atoms with Gasteiger partial charge >= 0.3 is 0 Å². The van der Waals surface area contributed by atoms with Gasteiger partial charge in [0.1, 0.15) is 0 Å². The van der Waals surface area contributed by atoms with Crippen LogP contribution in [0.4, 0.5) is 0 Å². The summed E-state index contributed by atoms with van der Waals surface area (Å²) in [5.74, 6) is 1.74. The number of piperidine rings is 1. The molecule has 1 fully saturated rings. The fourth-order valence-electron chi connectivity index (χ4n) is 4.09. The number of sulfonamides is 1. The van der Waals surface area contributed by atoms with Gasteiger partial charge in [-0.25, -0.2) is 12.7 Å². The zero-order valence-electron chi connectivity index (χ0n) is 15.6. The first-order valence-electron chi connectivity index (χ1n) is 8.93. The second-order valence-electron chi connectivity index (χ2n) is 6.97. The van der Waals surface area contributed by atoms with E-state index in [1.807, 2.05) is 12.1 Å². The molecule has 2 aliphatic rings. The second kappa shape index (κ2) is 7.72. The first kappa shape index (κ1) is 19.4. The van der Waals surface area contributed by atoms with Gasteiger partial charge < -0.3 is 19.9 Å². The number of hydrogen-bond acceptors (Lipinski definition) is 6. The molecule has 2 N–H and O–H groups in total. The Balaban J connectivity index is 1.83. The third-order valence-corrected chi connectivity index (χ3v) is 6.79. The van der Waals surface area contributed by atoms with Gasteiger partial charge in [0.2, 0.25) is 10.0 Å². The summed E-state index contributed by atoms with van der Waals surface area (Å²) < 4.78 is 42.4. The molecular weight excluding hydrogens is 356 g/mol. The van der Waals surface area contributed by atoms with Gasteiger partial charge in [-0.3, -0.25) is 0 Å². The number of rotatable bonds is 5. The number of benzene rings is 1. The van der Waals surface area contributed by atoms with Crippen molar-refractivity contribution in [3.8, 4) is 11.5 Å². The largest absolute Gasteiger partial charge is 0.493 e. The Bertz CT molecular complexity index is 744. The summed E-state index contributed by atoms with van der Waals surface area (Å²) >= 11 is 0. The first-order valence-corrected chi connectivity index (χ1v) is 10.8. The Morgan fingerprint density at radius 2 is 1.92 bits per heavy atom. The molecule has 1 saturated heterocycles. The van der Waals surface area contributed by atoms with Gasteiger partial charge in [0.15, 0.2) is 11.5 Å². The van der Waals surface area contributed by atoms with Crippen LogP contribution in [0.15, 0.2) is 12.1 Å². The van der Waals surface area contributed by atoms with E-state index in [-0.39, 0.29) is 12.2 Å². The quantitative estimate of drug-likeness (QED) is 0.823. The third kappa shape index (κ3) is 3.69. The maximum absolute atomic E-state index is 11.7. The Morgan fingerprint density at radius 3 is 2.46 bits per heavy atom. The van der Waals surface area contributed by atoms with Gasteiger partial charge in [0, 0.05) is 31.6 Å². The minimum atomic E-state index is -3.13. The Kier molecular flexibility index (Phi) is 5.76. The summed E-state index contributed by atoms with van der Waals surface area (Å²) in [6.45, 7) is 1.47. The van der Waals surface area contributed by atoms with E-state index in [1.165, 1.54) is 6.26 Å². The molecule has 26 heavy (non-hydrogen) atoms. The van der Waals surface area contributed by atoms with Crippen molar-refractivity contribution in [2.75, 3.05) is 40.1 Å². The molecule has 2 atom stereocenters. The Labute approximate surface area is 155 Å². The van der Waals surface area contributed by atoms with Crippen LogP contribution in [0.5, 0.6) is 11.5 Å². The molecule has 0 aromatic heterocycles. The maximum atomic E-state index is 11.7. The van der Waals surface area contributed by atoms with Crippen LogP contribution in [0, 0.1) is 5.92 Å². The van der Waals surface area contributed by atoms with Crippen molar-refractivity contribution < 1.29 is 22.6 Å². The van der Waals surface area contributed by atoms with Gasteiger partial charge in [0.05, 0.1) is 32.7 Å². The predicted octanol–water partition coefficient (Wildman–Crippen LogP) is 1.32. The number of nitrogens with two attached hydrogens (primary N) is 1. The lowest BCUT2D eigenvalue weighted by molar-refractivity contribution is -0.0612. The van der Waals surface area contributed by atoms with Crippen molar-refractivity contribution in [3.05, 3.63) is 23.3 Å². The average Bonchev–Trinajstić information content (AvgIpc) is 2.65. The highest BCUT2D eigenvalue weighted by Crippen LogP contribution is 2.43. The third-order valence-electron chi connectivity index (χ3n) is 5.48. The standard InChI is InChI=1S/C18H28N2O5S/c1-23-15-5-4-13-14(18(15)24-2)10-16(25-17(13)11-19)12-6-8-20(9-7-12)26(3,21)22/h4-5,12,16-17H,6-11,19H2,1-3H3. The average molecular weight is 384 g/mol. The fourth-order valence-corrected chi connectivity index (χ4v) is 4.97. The van der Waals surface area contributed by atoms with Gasteiger partial charge in [-0.2, -0.15) is 0 Å². The lowest BCUT2D eigenvalue weighted by Crippen LogP contribution is -2.43. The first-order chi connectivity index (χ1) is 12.4. The molecule has 8 heteroatoms. The molecule has 2 unspecified atom stereocenters. The van der Waals surface area contributed by atoms with Crippen molar-refractivity contribution in [1.29, 1.82) is 0 Å². The van der Waals surface area contributed by atoms with Crippen molar-refractivity contribution >= 4 is 10.0 Å². The molecule has 0 radical (unpaired) electrons. The minimum Gasteiger partial charge on any atom is -0.493 e. The van der Waals surface area contributed by atoms with E-state index in [2.05, 4.69) is 0 Å². The lowest BCUT2D eigenvalue weighted by Gasteiger charge is -2.40. The molecule has 3 rings (SSSR count). The minimum absolute atomic E-state index is 0.00114. The summed E-state index contributed by atoms with van der Waals surface area (Å²) in [6.07, 6.45) is 3.38. The van der Waals surface area contributed by atoms with Gasteiger partial charge in [-0.15, -0.1) is 0 Å². The number of fused-ring (bicyclic) bond motifs is 1. The van der Waals surface area contributed by atoms with Gasteiger partial charge in [-0.1, -0.05) is 6.07 Å². The van der Waals surface area contributed by atoms with Crippen LogP contribution in [0.2, 0.25) is 0 Å². The van der Waals surface area contributed by atoms with E-state index in [9.17, 15) is 8.42 Å². The van der Waals surface area contributed by atoms with E-state index in [0.717, 1.165) is 36.1 Å². The molecule has 2 aliphatic heterocycles. The zero-order chi connectivity index (χ0) is 18.9. The molecule has 0 bridgehead atoms. The summed E-state index contributed by atoms with van der Waals surface area (Å²) in [4.78, 5) is 0.